The highest BCUT2D eigenvalue weighted by atomic mass is 35.5. The molecule has 11 heteroatoms. The molecule has 0 radical (unpaired) electrons. The second-order valence-corrected chi connectivity index (χ2v) is 13.5. The highest BCUT2D eigenvalue weighted by molar-refractivity contribution is 6.31. The van der Waals surface area contributed by atoms with E-state index in [0.29, 0.717) is 52.5 Å². The average Bonchev–Trinajstić information content (AvgIpc) is 3.76. The largest absolute Gasteiger partial charge is 0.494 e. The van der Waals surface area contributed by atoms with Gasteiger partial charge >= 0.3 is 0 Å². The highest BCUT2D eigenvalue weighted by Crippen LogP contribution is 2.64. The van der Waals surface area contributed by atoms with Crippen LogP contribution in [0.2, 0.25) is 10.0 Å². The van der Waals surface area contributed by atoms with Gasteiger partial charge in [0.15, 0.2) is 0 Å². The van der Waals surface area contributed by atoms with Crippen LogP contribution in [0.15, 0.2) is 72.8 Å². The zero-order valence-corrected chi connectivity index (χ0v) is 28.0. The van der Waals surface area contributed by atoms with Gasteiger partial charge in [-0.3, -0.25) is 19.2 Å². The summed E-state index contributed by atoms with van der Waals surface area (Å²) in [5, 5.41) is 12.3. The summed E-state index contributed by atoms with van der Waals surface area (Å²) >= 11 is 12.9. The van der Waals surface area contributed by atoms with Crippen molar-refractivity contribution in [2.45, 2.75) is 50.4 Å². The Morgan fingerprint density at radius 3 is 2.73 bits per heavy atom. The van der Waals surface area contributed by atoms with Crippen LogP contribution in [-0.4, -0.2) is 46.2 Å². The molecule has 4 aromatic carbocycles. The van der Waals surface area contributed by atoms with E-state index in [1.54, 1.807) is 37.4 Å². The molecule has 2 N–H and O–H groups in total. The molecular weight excluding hydrogens is 652 g/mol. The van der Waals surface area contributed by atoms with Crippen molar-refractivity contribution in [3.63, 3.8) is 0 Å². The maximum atomic E-state index is 16.4. The smallest absolute Gasteiger partial charge is 0.251 e. The Hall–Kier alpha value is -4.44. The number of halogens is 3. The van der Waals surface area contributed by atoms with Crippen LogP contribution in [0.4, 0.5) is 10.1 Å². The van der Waals surface area contributed by atoms with Gasteiger partial charge in [-0.15, -0.1) is 0 Å². The lowest BCUT2D eigenvalue weighted by Gasteiger charge is -2.40. The standard InChI is InChI=1S/C37H32Cl2FN5O3/c1-4-48-22-8-5-7-20(14-22)18-44-31-17-30-25-13-19(2)24(35(46)41-3)16-28(25)43-45(30)34(31)32(23-9-6-10-27(39)33(23)40)37(44)26-12-11-21(38)15-29(26)42-36(37)47/h5-16,31-32,34H,4,17-18H2,1-3H3,(H,41,46)(H,42,47)/t31-,32-,34?,37+/m0/s1. The van der Waals surface area contributed by atoms with Gasteiger partial charge in [0.1, 0.15) is 17.1 Å². The molecule has 8 nitrogen and oxygen atoms in total. The normalized spacial score (nSPS) is 22.5. The van der Waals surface area contributed by atoms with Crippen molar-refractivity contribution >= 4 is 51.6 Å². The highest BCUT2D eigenvalue weighted by Gasteiger charge is 2.69. The van der Waals surface area contributed by atoms with Gasteiger partial charge in [0.2, 0.25) is 5.91 Å². The summed E-state index contributed by atoms with van der Waals surface area (Å²) in [7, 11) is 1.60. The van der Waals surface area contributed by atoms with E-state index >= 15 is 4.39 Å². The van der Waals surface area contributed by atoms with Crippen LogP contribution in [0.1, 0.15) is 57.2 Å². The van der Waals surface area contributed by atoms with Crippen molar-refractivity contribution in [1.82, 2.24) is 20.0 Å². The molecule has 3 aliphatic heterocycles. The molecule has 1 spiro atoms. The number of nitrogens with zero attached hydrogens (tertiary/aromatic N) is 3. The number of likely N-dealkylation sites (tertiary alicyclic amines) is 1. The van der Waals surface area contributed by atoms with Crippen molar-refractivity contribution in [2.24, 2.45) is 0 Å². The van der Waals surface area contributed by atoms with Gasteiger partial charge < -0.3 is 15.4 Å². The Balaban J connectivity index is 1.40. The Morgan fingerprint density at radius 2 is 1.94 bits per heavy atom. The molecular formula is C37H32Cl2FN5O3. The Bertz CT molecular complexity index is 2170. The number of nitrogens with one attached hydrogen (secondary N) is 2. The molecule has 4 heterocycles. The van der Waals surface area contributed by atoms with E-state index in [9.17, 15) is 9.59 Å². The summed E-state index contributed by atoms with van der Waals surface area (Å²) in [6.45, 7) is 4.74. The van der Waals surface area contributed by atoms with Crippen LogP contribution in [0, 0.1) is 12.7 Å². The SMILES string of the molecule is CCOc1cccc(CN2[C@H]3Cc4c5cc(C)c(C(=O)NC)cc5nn4C3[C@H](c3cccc(Cl)c3F)[C@]23C(=O)Nc2cc(Cl)ccc23)c1. The third-order valence-corrected chi connectivity index (χ3v) is 10.7. The fraction of sp³-hybridized carbons (Fsp3) is 0.270. The first-order chi connectivity index (χ1) is 23.2. The number of rotatable bonds is 6. The van der Waals surface area contributed by atoms with E-state index in [2.05, 4.69) is 15.5 Å². The third kappa shape index (κ3) is 4.34. The van der Waals surface area contributed by atoms with Crippen molar-refractivity contribution in [3.8, 4) is 5.75 Å². The topological polar surface area (TPSA) is 88.5 Å². The minimum absolute atomic E-state index is 0.0218. The molecule has 3 aliphatic rings. The molecule has 1 saturated heterocycles. The van der Waals surface area contributed by atoms with Crippen LogP contribution in [0.25, 0.3) is 10.9 Å². The molecule has 0 aliphatic carbocycles. The minimum atomic E-state index is -1.35. The number of hydrogen-bond donors (Lipinski definition) is 2. The van der Waals surface area contributed by atoms with Gasteiger partial charge in [0, 0.05) is 64.9 Å². The van der Waals surface area contributed by atoms with E-state index < -0.39 is 23.3 Å². The van der Waals surface area contributed by atoms with Crippen molar-refractivity contribution in [1.29, 1.82) is 0 Å². The minimum Gasteiger partial charge on any atom is -0.494 e. The second kappa shape index (κ2) is 11.3. The number of carbonyl (C=O) groups is 2. The van der Waals surface area contributed by atoms with Gasteiger partial charge in [0.25, 0.3) is 5.91 Å². The van der Waals surface area contributed by atoms with Crippen LogP contribution < -0.4 is 15.4 Å². The van der Waals surface area contributed by atoms with E-state index in [0.717, 1.165) is 28.0 Å². The molecule has 4 atom stereocenters. The number of carbonyl (C=O) groups excluding carboxylic acids is 2. The van der Waals surface area contributed by atoms with Gasteiger partial charge in [-0.2, -0.15) is 5.10 Å². The number of ether oxygens (including phenoxy) is 1. The lowest BCUT2D eigenvalue weighted by atomic mass is 9.73. The van der Waals surface area contributed by atoms with Crippen molar-refractivity contribution in [3.05, 3.63) is 122 Å². The summed E-state index contributed by atoms with van der Waals surface area (Å²) in [5.41, 5.74) is 4.23. The van der Waals surface area contributed by atoms with Crippen LogP contribution in [0.5, 0.6) is 5.75 Å². The Morgan fingerprint density at radius 1 is 1.12 bits per heavy atom. The van der Waals surface area contributed by atoms with E-state index in [1.165, 1.54) is 6.07 Å². The Kier molecular flexibility index (Phi) is 7.28. The first-order valence-electron chi connectivity index (χ1n) is 15.9. The van der Waals surface area contributed by atoms with E-state index in [-0.39, 0.29) is 22.9 Å². The fourth-order valence-corrected chi connectivity index (χ4v) is 8.72. The number of benzene rings is 4. The van der Waals surface area contributed by atoms with Crippen molar-refractivity contribution < 1.29 is 18.7 Å². The van der Waals surface area contributed by atoms with Crippen molar-refractivity contribution in [2.75, 3.05) is 19.0 Å². The van der Waals surface area contributed by atoms with Gasteiger partial charge in [-0.1, -0.05) is 53.5 Å². The van der Waals surface area contributed by atoms with Crippen LogP contribution in [0.3, 0.4) is 0 Å². The lowest BCUT2D eigenvalue weighted by molar-refractivity contribution is -0.128. The predicted octanol–water partition coefficient (Wildman–Crippen LogP) is 7.16. The number of aromatic nitrogens is 2. The summed E-state index contributed by atoms with van der Waals surface area (Å²) < 4.78 is 24.2. The zero-order valence-electron chi connectivity index (χ0n) is 26.5. The fourth-order valence-electron chi connectivity index (χ4n) is 8.36. The summed E-state index contributed by atoms with van der Waals surface area (Å²) in [4.78, 5) is 29.7. The quantitative estimate of drug-likeness (QED) is 0.198. The lowest BCUT2D eigenvalue weighted by Crippen LogP contribution is -2.52. The zero-order chi connectivity index (χ0) is 33.5. The molecule has 2 amide bonds. The monoisotopic (exact) mass is 683 g/mol. The number of fused-ring (bicyclic) bond motifs is 7. The number of aryl methyl sites for hydroxylation is 1. The van der Waals surface area contributed by atoms with Gasteiger partial charge in [0.05, 0.1) is 23.2 Å². The predicted molar refractivity (Wildman–Crippen MR) is 183 cm³/mol. The van der Waals surface area contributed by atoms with E-state index in [1.807, 2.05) is 54.9 Å². The molecule has 5 aromatic rings. The second-order valence-electron chi connectivity index (χ2n) is 12.7. The summed E-state index contributed by atoms with van der Waals surface area (Å²) in [6, 6.07) is 21.3. The summed E-state index contributed by atoms with van der Waals surface area (Å²) in [5.74, 6) is -1.05. The first-order valence-corrected chi connectivity index (χ1v) is 16.7. The van der Waals surface area contributed by atoms with Crippen LogP contribution >= 0.6 is 23.2 Å². The molecule has 244 valence electrons. The van der Waals surface area contributed by atoms with Gasteiger partial charge in [-0.25, -0.2) is 4.39 Å². The molecule has 0 saturated carbocycles. The summed E-state index contributed by atoms with van der Waals surface area (Å²) in [6.07, 6.45) is 0.543. The van der Waals surface area contributed by atoms with Gasteiger partial charge in [-0.05, 0) is 73.0 Å². The van der Waals surface area contributed by atoms with Crippen LogP contribution in [-0.2, 0) is 23.3 Å². The Labute approximate surface area is 286 Å². The van der Waals surface area contributed by atoms with E-state index in [4.69, 9.17) is 33.0 Å². The molecule has 8 rings (SSSR count). The maximum Gasteiger partial charge on any atom is 0.251 e. The maximum absolute atomic E-state index is 16.4. The average molecular weight is 685 g/mol. The molecule has 0 bridgehead atoms. The molecule has 1 fully saturated rings. The first kappa shape index (κ1) is 30.9. The molecule has 1 aromatic heterocycles. The number of amides is 2. The molecule has 1 unspecified atom stereocenters. The third-order valence-electron chi connectivity index (χ3n) is 10.2. The number of anilines is 1. The number of hydrogen-bond acceptors (Lipinski definition) is 5. The molecule has 48 heavy (non-hydrogen) atoms.